The van der Waals surface area contributed by atoms with Crippen molar-refractivity contribution in [3.63, 3.8) is 0 Å². The molecular formula is C21H21N3O2S. The molecule has 2 aromatic carbocycles. The summed E-state index contributed by atoms with van der Waals surface area (Å²) in [6.45, 7) is 5.77. The van der Waals surface area contributed by atoms with Gasteiger partial charge in [0.2, 0.25) is 0 Å². The lowest BCUT2D eigenvalue weighted by Gasteiger charge is -2.20. The Kier molecular flexibility index (Phi) is 5.37. The summed E-state index contributed by atoms with van der Waals surface area (Å²) in [4.78, 5) is 28.9. The van der Waals surface area contributed by atoms with Gasteiger partial charge in [0.25, 0.3) is 11.8 Å². The average Bonchev–Trinajstić information content (AvgIpc) is 3.15. The third kappa shape index (κ3) is 5.01. The molecule has 0 atom stereocenters. The van der Waals surface area contributed by atoms with Crippen LogP contribution in [0.4, 0.5) is 5.69 Å². The van der Waals surface area contributed by atoms with Crippen molar-refractivity contribution in [2.24, 2.45) is 0 Å². The molecule has 3 rings (SSSR count). The summed E-state index contributed by atoms with van der Waals surface area (Å²) in [5, 5.41) is 8.60. The molecule has 0 aliphatic carbocycles. The minimum Gasteiger partial charge on any atom is -0.347 e. The first kappa shape index (κ1) is 18.8. The topological polar surface area (TPSA) is 71.1 Å². The number of aromatic nitrogens is 1. The molecule has 0 unspecified atom stereocenters. The summed E-state index contributed by atoms with van der Waals surface area (Å²) in [5.74, 6) is -0.389. The van der Waals surface area contributed by atoms with E-state index in [9.17, 15) is 9.59 Å². The summed E-state index contributed by atoms with van der Waals surface area (Å²) < 4.78 is 0. The van der Waals surface area contributed by atoms with Crippen LogP contribution >= 0.6 is 11.3 Å². The molecule has 0 saturated heterocycles. The van der Waals surface area contributed by atoms with Gasteiger partial charge in [-0.1, -0.05) is 12.1 Å². The first-order valence-corrected chi connectivity index (χ1v) is 9.44. The second-order valence-corrected chi connectivity index (χ2v) is 8.05. The zero-order chi connectivity index (χ0) is 19.4. The van der Waals surface area contributed by atoms with Gasteiger partial charge in [-0.05, 0) is 57.2 Å². The summed E-state index contributed by atoms with van der Waals surface area (Å²) in [6, 6.07) is 14.2. The molecule has 27 heavy (non-hydrogen) atoms. The average molecular weight is 379 g/mol. The molecular weight excluding hydrogens is 358 g/mol. The van der Waals surface area contributed by atoms with Crippen molar-refractivity contribution in [1.29, 1.82) is 0 Å². The second-order valence-electron chi connectivity index (χ2n) is 7.15. The highest BCUT2D eigenvalue weighted by atomic mass is 32.1. The van der Waals surface area contributed by atoms with Gasteiger partial charge in [0.1, 0.15) is 5.01 Å². The van der Waals surface area contributed by atoms with Gasteiger partial charge in [0, 0.05) is 39.5 Å². The highest BCUT2D eigenvalue weighted by molar-refractivity contribution is 7.13. The van der Waals surface area contributed by atoms with E-state index in [4.69, 9.17) is 0 Å². The normalized spacial score (nSPS) is 11.1. The number of hydrogen-bond donors (Lipinski definition) is 2. The van der Waals surface area contributed by atoms with Crippen molar-refractivity contribution < 1.29 is 9.59 Å². The van der Waals surface area contributed by atoms with Crippen LogP contribution in [0.15, 0.2) is 60.1 Å². The Hall–Kier alpha value is -2.99. The zero-order valence-electron chi connectivity index (χ0n) is 15.4. The third-order valence-corrected chi connectivity index (χ3v) is 4.52. The Morgan fingerprint density at radius 3 is 2.22 bits per heavy atom. The van der Waals surface area contributed by atoms with Crippen LogP contribution in [-0.2, 0) is 0 Å². The maximum Gasteiger partial charge on any atom is 0.255 e. The van der Waals surface area contributed by atoms with E-state index in [1.165, 1.54) is 0 Å². The molecule has 0 bridgehead atoms. The van der Waals surface area contributed by atoms with Crippen molar-refractivity contribution >= 4 is 28.8 Å². The molecule has 0 saturated carbocycles. The molecule has 6 heteroatoms. The van der Waals surface area contributed by atoms with Gasteiger partial charge in [-0.2, -0.15) is 0 Å². The molecule has 2 amide bonds. The zero-order valence-corrected chi connectivity index (χ0v) is 16.3. The minimum absolute atomic E-state index is 0.161. The Labute approximate surface area is 162 Å². The third-order valence-electron chi connectivity index (χ3n) is 3.70. The highest BCUT2D eigenvalue weighted by Gasteiger charge is 2.16. The molecule has 0 fully saturated rings. The van der Waals surface area contributed by atoms with Crippen molar-refractivity contribution in [2.75, 3.05) is 5.32 Å². The Balaban J connectivity index is 1.70. The molecule has 1 aromatic heterocycles. The van der Waals surface area contributed by atoms with Crippen molar-refractivity contribution in [3.05, 3.63) is 71.2 Å². The van der Waals surface area contributed by atoms with E-state index in [0.717, 1.165) is 10.6 Å². The van der Waals surface area contributed by atoms with Crippen molar-refractivity contribution in [3.8, 4) is 10.6 Å². The number of benzene rings is 2. The van der Waals surface area contributed by atoms with E-state index in [1.807, 2.05) is 50.4 Å². The minimum atomic E-state index is -0.310. The molecule has 138 valence electrons. The highest BCUT2D eigenvalue weighted by Crippen LogP contribution is 2.24. The van der Waals surface area contributed by atoms with E-state index in [1.54, 1.807) is 41.8 Å². The van der Waals surface area contributed by atoms with Gasteiger partial charge < -0.3 is 10.6 Å². The number of amides is 2. The van der Waals surface area contributed by atoms with Crippen LogP contribution in [0.3, 0.4) is 0 Å². The number of nitrogens with one attached hydrogen (secondary N) is 2. The summed E-state index contributed by atoms with van der Waals surface area (Å²) in [6.07, 6.45) is 1.75. The van der Waals surface area contributed by atoms with Gasteiger partial charge in [-0.25, -0.2) is 4.98 Å². The maximum atomic E-state index is 12.5. The number of carbonyl (C=O) groups excluding carboxylic acids is 2. The molecule has 0 spiro atoms. The van der Waals surface area contributed by atoms with E-state index in [0.29, 0.717) is 16.8 Å². The van der Waals surface area contributed by atoms with Gasteiger partial charge in [-0.3, -0.25) is 9.59 Å². The predicted molar refractivity (Wildman–Crippen MR) is 109 cm³/mol. The molecule has 2 N–H and O–H groups in total. The number of carbonyl (C=O) groups is 2. The Bertz CT molecular complexity index is 942. The van der Waals surface area contributed by atoms with E-state index in [2.05, 4.69) is 15.6 Å². The standard InChI is InChI=1S/C21H21N3O2S/c1-21(2,3)24-19(26)15-9-7-14(8-10-15)18(25)23-17-6-4-5-16(13-17)20-22-11-12-27-20/h4-13H,1-3H3,(H,23,25)(H,24,26). The monoisotopic (exact) mass is 379 g/mol. The summed E-state index contributed by atoms with van der Waals surface area (Å²) >= 11 is 1.55. The number of anilines is 1. The second kappa shape index (κ2) is 7.72. The van der Waals surface area contributed by atoms with Crippen LogP contribution in [0.2, 0.25) is 0 Å². The number of thiazole rings is 1. The first-order valence-electron chi connectivity index (χ1n) is 8.56. The van der Waals surface area contributed by atoms with E-state index in [-0.39, 0.29) is 17.4 Å². The number of hydrogen-bond acceptors (Lipinski definition) is 4. The fraction of sp³-hybridized carbons (Fsp3) is 0.190. The van der Waals surface area contributed by atoms with Crippen LogP contribution in [0.25, 0.3) is 10.6 Å². The van der Waals surface area contributed by atoms with Crippen LogP contribution in [0.1, 0.15) is 41.5 Å². The van der Waals surface area contributed by atoms with E-state index >= 15 is 0 Å². The van der Waals surface area contributed by atoms with Gasteiger partial charge in [0.05, 0.1) is 0 Å². The van der Waals surface area contributed by atoms with Crippen LogP contribution in [0.5, 0.6) is 0 Å². The molecule has 1 heterocycles. The van der Waals surface area contributed by atoms with Gasteiger partial charge >= 0.3 is 0 Å². The first-order chi connectivity index (χ1) is 12.8. The lowest BCUT2D eigenvalue weighted by Crippen LogP contribution is -2.40. The predicted octanol–water partition coefficient (Wildman–Crippen LogP) is 4.59. The molecule has 3 aromatic rings. The summed E-state index contributed by atoms with van der Waals surface area (Å²) in [7, 11) is 0. The summed E-state index contributed by atoms with van der Waals surface area (Å²) in [5.41, 5.74) is 2.35. The van der Waals surface area contributed by atoms with E-state index < -0.39 is 0 Å². The SMILES string of the molecule is CC(C)(C)NC(=O)c1ccc(C(=O)Nc2cccc(-c3nccs3)c2)cc1. The maximum absolute atomic E-state index is 12.5. The quantitative estimate of drug-likeness (QED) is 0.696. The number of rotatable bonds is 4. The molecule has 0 aliphatic rings. The fourth-order valence-corrected chi connectivity index (χ4v) is 3.12. The Morgan fingerprint density at radius 1 is 0.963 bits per heavy atom. The van der Waals surface area contributed by atoms with Crippen LogP contribution in [-0.4, -0.2) is 22.3 Å². The molecule has 0 aliphatic heterocycles. The largest absolute Gasteiger partial charge is 0.347 e. The lowest BCUT2D eigenvalue weighted by atomic mass is 10.1. The number of nitrogens with zero attached hydrogens (tertiary/aromatic N) is 1. The fourth-order valence-electron chi connectivity index (χ4n) is 2.48. The van der Waals surface area contributed by atoms with Gasteiger partial charge in [0.15, 0.2) is 0 Å². The van der Waals surface area contributed by atoms with Crippen molar-refractivity contribution in [2.45, 2.75) is 26.3 Å². The van der Waals surface area contributed by atoms with Crippen LogP contribution < -0.4 is 10.6 Å². The van der Waals surface area contributed by atoms with Crippen molar-refractivity contribution in [1.82, 2.24) is 10.3 Å². The smallest absolute Gasteiger partial charge is 0.255 e. The lowest BCUT2D eigenvalue weighted by molar-refractivity contribution is 0.0918. The Morgan fingerprint density at radius 2 is 1.63 bits per heavy atom. The molecule has 5 nitrogen and oxygen atoms in total. The van der Waals surface area contributed by atoms with Gasteiger partial charge in [-0.15, -0.1) is 11.3 Å². The molecule has 0 radical (unpaired) electrons. The van der Waals surface area contributed by atoms with Crippen LogP contribution in [0, 0.1) is 0 Å².